The Balaban J connectivity index is 0.000000357. The molecule has 0 aliphatic heterocycles. The zero-order valence-electron chi connectivity index (χ0n) is 9.80. The summed E-state index contributed by atoms with van der Waals surface area (Å²) in [6.07, 6.45) is 0. The number of carbonyl (C=O) groups is 1. The Hall–Kier alpha value is -1.45. The highest BCUT2D eigenvalue weighted by atomic mass is 35.5. The van der Waals surface area contributed by atoms with Crippen molar-refractivity contribution in [1.29, 1.82) is 0 Å². The first-order valence-corrected chi connectivity index (χ1v) is 6.06. The summed E-state index contributed by atoms with van der Waals surface area (Å²) >= 11 is 10.2. The fraction of sp³-hybridized carbons (Fsp3) is 0.0714. The third-order valence-corrected chi connectivity index (χ3v) is 2.70. The summed E-state index contributed by atoms with van der Waals surface area (Å²) in [6.45, 7) is 1.08. The molecule has 4 heteroatoms. The normalized spacial score (nSPS) is 9.28. The molecule has 94 valence electrons. The van der Waals surface area contributed by atoms with Gasteiger partial charge in [-0.1, -0.05) is 41.9 Å². The number of hydrogen-bond acceptors (Lipinski definition) is 2. The number of rotatable bonds is 1. The molecule has 2 aromatic carbocycles. The Bertz CT molecular complexity index is 520. The monoisotopic (exact) mass is 280 g/mol. The minimum atomic E-state index is -0.833. The van der Waals surface area contributed by atoms with Crippen LogP contribution in [0, 0.1) is 0 Å². The van der Waals surface area contributed by atoms with E-state index in [0.29, 0.717) is 0 Å². The maximum Gasteiger partial charge on any atom is 0.300 e. The zero-order valence-corrected chi connectivity index (χ0v) is 11.4. The van der Waals surface area contributed by atoms with Gasteiger partial charge in [-0.25, -0.2) is 0 Å². The summed E-state index contributed by atoms with van der Waals surface area (Å²) in [4.78, 5) is 9.98. The van der Waals surface area contributed by atoms with E-state index in [2.05, 4.69) is 12.6 Å². The Morgan fingerprint density at radius 1 is 1.11 bits per heavy atom. The highest BCUT2D eigenvalue weighted by Gasteiger charge is 2.00. The van der Waals surface area contributed by atoms with E-state index in [1.165, 1.54) is 0 Å². The number of aliphatic carboxylic acids is 1. The fourth-order valence-corrected chi connectivity index (χ4v) is 1.76. The molecule has 2 rings (SSSR count). The average Bonchev–Trinajstić information content (AvgIpc) is 2.30. The van der Waals surface area contributed by atoms with E-state index >= 15 is 0 Å². The molecule has 0 saturated carbocycles. The second-order valence-electron chi connectivity index (χ2n) is 3.54. The Kier molecular flexibility index (Phi) is 5.75. The van der Waals surface area contributed by atoms with E-state index in [4.69, 9.17) is 21.5 Å². The van der Waals surface area contributed by atoms with Gasteiger partial charge < -0.3 is 5.11 Å². The van der Waals surface area contributed by atoms with Crippen molar-refractivity contribution in [3.05, 3.63) is 53.6 Å². The van der Waals surface area contributed by atoms with Crippen LogP contribution in [0.2, 0.25) is 5.02 Å². The third kappa shape index (κ3) is 4.82. The lowest BCUT2D eigenvalue weighted by molar-refractivity contribution is -0.134. The number of thiol groups is 1. The molecule has 0 fully saturated rings. The lowest BCUT2D eigenvalue weighted by atomic mass is 10.1. The molecule has 0 radical (unpaired) electrons. The van der Waals surface area contributed by atoms with Gasteiger partial charge in [-0.2, -0.15) is 0 Å². The standard InChI is InChI=1S/C12H9ClS.C2H4O2/c13-10-7-5-9(6-8-10)11-3-1-2-4-12(11)14;1-2(3)4/h1-8,14H;1H3,(H,3,4). The summed E-state index contributed by atoms with van der Waals surface area (Å²) < 4.78 is 0. The van der Waals surface area contributed by atoms with Crippen LogP contribution in [0.25, 0.3) is 11.1 Å². The van der Waals surface area contributed by atoms with E-state index in [1.807, 2.05) is 48.5 Å². The summed E-state index contributed by atoms with van der Waals surface area (Å²) in [6, 6.07) is 15.8. The minimum Gasteiger partial charge on any atom is -0.481 e. The van der Waals surface area contributed by atoms with Crippen LogP contribution in [-0.4, -0.2) is 11.1 Å². The zero-order chi connectivity index (χ0) is 13.5. The molecule has 0 spiro atoms. The molecular weight excluding hydrogens is 268 g/mol. The molecule has 0 atom stereocenters. The van der Waals surface area contributed by atoms with E-state index < -0.39 is 5.97 Å². The number of hydrogen-bond donors (Lipinski definition) is 2. The third-order valence-electron chi connectivity index (χ3n) is 2.06. The van der Waals surface area contributed by atoms with Crippen LogP contribution in [0.15, 0.2) is 53.4 Å². The van der Waals surface area contributed by atoms with Gasteiger partial charge in [0, 0.05) is 16.8 Å². The number of carboxylic acid groups (broad SMARTS) is 1. The van der Waals surface area contributed by atoms with E-state index in [0.717, 1.165) is 28.0 Å². The molecule has 18 heavy (non-hydrogen) atoms. The van der Waals surface area contributed by atoms with E-state index in [1.54, 1.807) is 0 Å². The van der Waals surface area contributed by atoms with Crippen LogP contribution in [0.4, 0.5) is 0 Å². The van der Waals surface area contributed by atoms with E-state index in [-0.39, 0.29) is 0 Å². The van der Waals surface area contributed by atoms with Gasteiger partial charge in [-0.15, -0.1) is 12.6 Å². The van der Waals surface area contributed by atoms with Crippen molar-refractivity contribution < 1.29 is 9.90 Å². The molecule has 0 heterocycles. The van der Waals surface area contributed by atoms with Crippen LogP contribution < -0.4 is 0 Å². The maximum absolute atomic E-state index is 9.00. The largest absolute Gasteiger partial charge is 0.481 e. The summed E-state index contributed by atoms with van der Waals surface area (Å²) in [7, 11) is 0. The van der Waals surface area contributed by atoms with Crippen LogP contribution in [-0.2, 0) is 4.79 Å². The summed E-state index contributed by atoms with van der Waals surface area (Å²) in [5.74, 6) is -0.833. The van der Waals surface area contributed by atoms with Gasteiger partial charge >= 0.3 is 0 Å². The summed E-state index contributed by atoms with van der Waals surface area (Å²) in [5.41, 5.74) is 2.27. The Morgan fingerprint density at radius 3 is 2.11 bits per heavy atom. The van der Waals surface area contributed by atoms with Gasteiger partial charge in [0.2, 0.25) is 0 Å². The van der Waals surface area contributed by atoms with Gasteiger partial charge in [-0.3, -0.25) is 4.79 Å². The van der Waals surface area contributed by atoms with Crippen LogP contribution in [0.5, 0.6) is 0 Å². The summed E-state index contributed by atoms with van der Waals surface area (Å²) in [5, 5.41) is 8.17. The first-order valence-electron chi connectivity index (χ1n) is 5.24. The molecule has 0 unspecified atom stereocenters. The molecule has 2 nitrogen and oxygen atoms in total. The van der Waals surface area contributed by atoms with Crippen molar-refractivity contribution in [2.24, 2.45) is 0 Å². The SMILES string of the molecule is CC(=O)O.Sc1ccccc1-c1ccc(Cl)cc1. The van der Waals surface area contributed by atoms with Crippen molar-refractivity contribution in [3.63, 3.8) is 0 Å². The van der Waals surface area contributed by atoms with Crippen LogP contribution in [0.3, 0.4) is 0 Å². The van der Waals surface area contributed by atoms with Crippen molar-refractivity contribution in [3.8, 4) is 11.1 Å². The lowest BCUT2D eigenvalue weighted by Crippen LogP contribution is -1.78. The van der Waals surface area contributed by atoms with Gasteiger partial charge in [0.25, 0.3) is 5.97 Å². The first kappa shape index (κ1) is 14.6. The van der Waals surface area contributed by atoms with Crippen LogP contribution in [0.1, 0.15) is 6.92 Å². The Morgan fingerprint density at radius 2 is 1.61 bits per heavy atom. The van der Waals surface area contributed by atoms with Gasteiger partial charge in [0.05, 0.1) is 0 Å². The second-order valence-corrected chi connectivity index (χ2v) is 4.46. The molecule has 0 saturated heterocycles. The fourth-order valence-electron chi connectivity index (χ4n) is 1.35. The van der Waals surface area contributed by atoms with Gasteiger partial charge in [-0.05, 0) is 29.3 Å². The average molecular weight is 281 g/mol. The second kappa shape index (κ2) is 7.09. The molecule has 0 aliphatic rings. The van der Waals surface area contributed by atoms with Crippen LogP contribution >= 0.6 is 24.2 Å². The van der Waals surface area contributed by atoms with E-state index in [9.17, 15) is 0 Å². The van der Waals surface area contributed by atoms with Crippen molar-refractivity contribution in [1.82, 2.24) is 0 Å². The molecule has 2 aromatic rings. The van der Waals surface area contributed by atoms with Gasteiger partial charge in [0.15, 0.2) is 0 Å². The number of halogens is 1. The quantitative estimate of drug-likeness (QED) is 0.761. The molecule has 0 aromatic heterocycles. The minimum absolute atomic E-state index is 0.755. The molecule has 0 aliphatic carbocycles. The molecule has 0 amide bonds. The number of benzene rings is 2. The van der Waals surface area contributed by atoms with Gasteiger partial charge in [0.1, 0.15) is 0 Å². The number of carboxylic acids is 1. The molecule has 0 bridgehead atoms. The predicted molar refractivity (Wildman–Crippen MR) is 77.4 cm³/mol. The van der Waals surface area contributed by atoms with Crippen molar-refractivity contribution in [2.45, 2.75) is 11.8 Å². The highest BCUT2D eigenvalue weighted by Crippen LogP contribution is 2.26. The first-order chi connectivity index (χ1) is 8.50. The topological polar surface area (TPSA) is 37.3 Å². The highest BCUT2D eigenvalue weighted by molar-refractivity contribution is 7.80. The smallest absolute Gasteiger partial charge is 0.300 e. The van der Waals surface area contributed by atoms with Crippen molar-refractivity contribution in [2.75, 3.05) is 0 Å². The molecular formula is C14H13ClO2S. The maximum atomic E-state index is 9.00. The molecule has 1 N–H and O–H groups in total. The Labute approximate surface area is 117 Å². The van der Waals surface area contributed by atoms with Crippen molar-refractivity contribution >= 4 is 30.2 Å². The predicted octanol–water partition coefficient (Wildman–Crippen LogP) is 4.39. The lowest BCUT2D eigenvalue weighted by Gasteiger charge is -2.04.